The fourth-order valence-electron chi connectivity index (χ4n) is 3.26. The lowest BCUT2D eigenvalue weighted by Crippen LogP contribution is -2.28. The van der Waals surface area contributed by atoms with Crippen molar-refractivity contribution in [2.24, 2.45) is 0 Å². The molecule has 0 saturated carbocycles. The van der Waals surface area contributed by atoms with E-state index in [0.29, 0.717) is 0 Å². The number of hydrogen-bond donors (Lipinski definition) is 0. The topological polar surface area (TPSA) is 56.5 Å². The molecule has 0 bridgehead atoms. The van der Waals surface area contributed by atoms with Gasteiger partial charge in [0, 0.05) is 10.9 Å². The van der Waals surface area contributed by atoms with E-state index in [-0.39, 0.29) is 43.8 Å². The van der Waals surface area contributed by atoms with Crippen molar-refractivity contribution in [3.8, 4) is 16.9 Å². The molecular weight excluding hydrogens is 429 g/mol. The van der Waals surface area contributed by atoms with Gasteiger partial charge in [-0.1, -0.05) is 66.6 Å². The number of halogens is 3. The van der Waals surface area contributed by atoms with Gasteiger partial charge >= 0.3 is 15.6 Å². The molecule has 5 rings (SSSR count). The van der Waals surface area contributed by atoms with Crippen LogP contribution in [0.15, 0.2) is 83.1 Å². The number of para-hydroxylation sites is 1. The van der Waals surface area contributed by atoms with E-state index in [4.69, 9.17) is 14.0 Å². The van der Waals surface area contributed by atoms with Gasteiger partial charge in [-0.15, -0.1) is 0 Å². The molecule has 0 aliphatic carbocycles. The summed E-state index contributed by atoms with van der Waals surface area (Å²) in [5.41, 5.74) is -5.95. The number of fused-ring (bicyclic) bond motifs is 4. The molecule has 0 N–H and O–H groups in total. The van der Waals surface area contributed by atoms with Gasteiger partial charge in [-0.3, -0.25) is 0 Å². The lowest BCUT2D eigenvalue weighted by molar-refractivity contribution is -0.0499. The van der Waals surface area contributed by atoms with Crippen molar-refractivity contribution in [1.82, 2.24) is 0 Å². The minimum atomic E-state index is -6.02. The van der Waals surface area contributed by atoms with Gasteiger partial charge in [-0.2, -0.15) is 21.6 Å². The molecule has 1 heterocycles. The van der Waals surface area contributed by atoms with Crippen molar-refractivity contribution in [3.05, 3.63) is 78.7 Å². The first-order valence-electron chi connectivity index (χ1n) is 12.1. The Morgan fingerprint density at radius 1 is 0.871 bits per heavy atom. The second-order valence-electron chi connectivity index (χ2n) is 6.40. The van der Waals surface area contributed by atoms with E-state index in [2.05, 4.69) is 4.18 Å². The van der Waals surface area contributed by atoms with E-state index in [9.17, 15) is 21.6 Å². The predicted octanol–water partition coefficient (Wildman–Crippen LogP) is 6.63. The molecule has 0 fully saturated rings. The number of benzene rings is 4. The van der Waals surface area contributed by atoms with Crippen molar-refractivity contribution in [1.29, 1.82) is 0 Å². The first kappa shape index (κ1) is 13.0. The Morgan fingerprint density at radius 3 is 2.42 bits per heavy atom. The number of rotatable bonds is 3. The summed E-state index contributed by atoms with van der Waals surface area (Å²) in [4.78, 5) is 0. The maximum Gasteiger partial charge on any atom is 0.534 e. The molecule has 8 heteroatoms. The van der Waals surface area contributed by atoms with E-state index >= 15 is 0 Å². The molecule has 0 unspecified atom stereocenters. The molecule has 0 atom stereocenters. The molecule has 0 spiro atoms. The molecule has 0 radical (unpaired) electrons. The summed E-state index contributed by atoms with van der Waals surface area (Å²) in [6, 6.07) is 3.64. The second kappa shape index (κ2) is 6.75. The van der Waals surface area contributed by atoms with Gasteiger partial charge in [0.1, 0.15) is 11.2 Å². The van der Waals surface area contributed by atoms with Crippen molar-refractivity contribution < 1.29 is 39.8 Å². The smallest absolute Gasteiger partial charge is 0.455 e. The zero-order valence-electron chi connectivity index (χ0n) is 22.1. The van der Waals surface area contributed by atoms with Gasteiger partial charge in [0.05, 0.1) is 15.0 Å². The van der Waals surface area contributed by atoms with Crippen LogP contribution in [0.2, 0.25) is 0 Å². The van der Waals surface area contributed by atoms with Crippen LogP contribution in [-0.2, 0) is 10.1 Å². The Bertz CT molecular complexity index is 1930. The predicted molar refractivity (Wildman–Crippen MR) is 112 cm³/mol. The molecule has 31 heavy (non-hydrogen) atoms. The minimum absolute atomic E-state index is 0.0388. The van der Waals surface area contributed by atoms with Crippen molar-refractivity contribution in [2.45, 2.75) is 5.51 Å². The summed E-state index contributed by atoms with van der Waals surface area (Å²) < 4.78 is 130. The van der Waals surface area contributed by atoms with Crippen molar-refractivity contribution in [2.75, 3.05) is 0 Å². The Labute approximate surface area is 184 Å². The van der Waals surface area contributed by atoms with Gasteiger partial charge < -0.3 is 8.60 Å². The Hall–Kier alpha value is -3.52. The van der Waals surface area contributed by atoms with Crippen LogP contribution in [0.1, 0.15) is 9.60 Å². The van der Waals surface area contributed by atoms with Gasteiger partial charge in [0.25, 0.3) is 0 Å². The normalized spacial score (nSPS) is 15.8. The van der Waals surface area contributed by atoms with Crippen LogP contribution in [-0.4, -0.2) is 13.9 Å². The average Bonchev–Trinajstić information content (AvgIpc) is 3.24. The van der Waals surface area contributed by atoms with Crippen LogP contribution in [0.3, 0.4) is 0 Å². The van der Waals surface area contributed by atoms with Crippen LogP contribution in [0.25, 0.3) is 43.8 Å². The number of furan rings is 1. The second-order valence-corrected chi connectivity index (χ2v) is 7.93. The third kappa shape index (κ3) is 3.11. The summed E-state index contributed by atoms with van der Waals surface area (Å²) in [5.74, 6) is -0.670. The molecule has 4 nitrogen and oxygen atoms in total. The summed E-state index contributed by atoms with van der Waals surface area (Å²) >= 11 is 0. The SMILES string of the molecule is [2H]c1c([2H])c([2H])c2c(-c3cccc4c3oc3cccc(OS(=O)(=O)C(F)(F)F)c34)c([2H])c([2H])c([2H])c2c1[2H]. The van der Waals surface area contributed by atoms with Crippen molar-refractivity contribution >= 4 is 42.8 Å². The third-order valence-corrected chi connectivity index (χ3v) is 5.52. The quantitative estimate of drug-likeness (QED) is 0.229. The largest absolute Gasteiger partial charge is 0.534 e. The highest BCUT2D eigenvalue weighted by atomic mass is 32.2. The fourth-order valence-corrected chi connectivity index (χ4v) is 3.73. The fraction of sp³-hybridized carbons (Fsp3) is 0.0435. The molecular formula is C23H13F3O4S. The molecule has 0 saturated heterocycles. The van der Waals surface area contributed by atoms with Crippen molar-refractivity contribution in [3.63, 3.8) is 0 Å². The molecule has 5 aromatic rings. The van der Waals surface area contributed by atoms with Crippen LogP contribution in [0.5, 0.6) is 5.75 Å². The minimum Gasteiger partial charge on any atom is -0.455 e. The maximum absolute atomic E-state index is 13.0. The Morgan fingerprint density at radius 2 is 1.61 bits per heavy atom. The average molecular weight is 449 g/mol. The monoisotopic (exact) mass is 449 g/mol. The standard InChI is InChI=1S/C23H13F3O4S/c24-23(25,26)31(27,28)30-20-13-5-12-19-21(20)18-11-4-10-17(22(18)29-19)16-9-3-7-14-6-1-2-8-15(14)16/h1-13H/i1D,2D,3D,6D,7D,8D,9D. The van der Waals surface area contributed by atoms with E-state index in [1.54, 1.807) is 0 Å². The number of alkyl halides is 3. The third-order valence-electron chi connectivity index (χ3n) is 4.55. The first-order chi connectivity index (χ1) is 17.7. The van der Waals surface area contributed by atoms with Gasteiger partial charge in [0.2, 0.25) is 0 Å². The highest BCUT2D eigenvalue weighted by Gasteiger charge is 2.48. The molecule has 0 aliphatic heterocycles. The number of hydrogen-bond acceptors (Lipinski definition) is 4. The zero-order valence-corrected chi connectivity index (χ0v) is 16.0. The Kier molecular flexibility index (Phi) is 2.83. The van der Waals surface area contributed by atoms with E-state index in [1.165, 1.54) is 30.3 Å². The summed E-state index contributed by atoms with van der Waals surface area (Å²) in [6.45, 7) is 0. The van der Waals surface area contributed by atoms with Gasteiger partial charge in [-0.25, -0.2) is 0 Å². The van der Waals surface area contributed by atoms with E-state index < -0.39 is 63.7 Å². The summed E-state index contributed by atoms with van der Waals surface area (Å²) in [7, 11) is -6.02. The van der Waals surface area contributed by atoms with Crippen LogP contribution < -0.4 is 4.18 Å². The first-order valence-corrected chi connectivity index (χ1v) is 10.0. The summed E-state index contributed by atoms with van der Waals surface area (Å²) in [6.07, 6.45) is 0. The van der Waals surface area contributed by atoms with E-state index in [1.807, 2.05) is 0 Å². The maximum atomic E-state index is 13.0. The highest BCUT2D eigenvalue weighted by Crippen LogP contribution is 2.42. The van der Waals surface area contributed by atoms with Gasteiger partial charge in [-0.05, 0) is 28.5 Å². The highest BCUT2D eigenvalue weighted by molar-refractivity contribution is 7.88. The molecule has 0 aliphatic rings. The van der Waals surface area contributed by atoms with Crippen LogP contribution in [0.4, 0.5) is 13.2 Å². The van der Waals surface area contributed by atoms with Gasteiger partial charge in [0.15, 0.2) is 5.75 Å². The lowest BCUT2D eigenvalue weighted by Gasteiger charge is -2.10. The molecule has 0 amide bonds. The lowest BCUT2D eigenvalue weighted by atomic mass is 9.96. The zero-order chi connectivity index (χ0) is 27.9. The van der Waals surface area contributed by atoms with Crippen LogP contribution >= 0.6 is 0 Å². The summed E-state index contributed by atoms with van der Waals surface area (Å²) in [5, 5.41) is -0.551. The Balaban J connectivity index is 1.91. The molecule has 156 valence electrons. The van der Waals surface area contributed by atoms with E-state index in [0.717, 1.165) is 6.07 Å². The van der Waals surface area contributed by atoms with Crippen LogP contribution in [0, 0.1) is 0 Å². The molecule has 4 aromatic carbocycles. The molecule has 1 aromatic heterocycles.